The van der Waals surface area contributed by atoms with Crippen LogP contribution in [0.15, 0.2) is 78.9 Å². The molecule has 0 saturated heterocycles. The van der Waals surface area contributed by atoms with Crippen LogP contribution >= 0.6 is 0 Å². The van der Waals surface area contributed by atoms with E-state index in [-0.39, 0.29) is 0 Å². The zero-order valence-corrected chi connectivity index (χ0v) is 14.1. The van der Waals surface area contributed by atoms with Gasteiger partial charge < -0.3 is 0 Å². The molecule has 4 aromatic carbocycles. The van der Waals surface area contributed by atoms with E-state index in [2.05, 4.69) is 85.8 Å². The minimum atomic E-state index is 1.18. The van der Waals surface area contributed by atoms with Gasteiger partial charge in [0.15, 0.2) is 0 Å². The standard InChI is InChI=1S/C24H22/c1-2-3-8-18-13-15-19(16-14-18)24-17-20-9-4-5-10-21(20)22-11-6-7-12-23(22)24/h4-7,9-17H,2-3,8H2,1H3. The molecule has 0 heterocycles. The number of benzene rings is 4. The second kappa shape index (κ2) is 6.49. The molecular weight excluding hydrogens is 288 g/mol. The summed E-state index contributed by atoms with van der Waals surface area (Å²) < 4.78 is 0. The molecule has 0 N–H and O–H groups in total. The van der Waals surface area contributed by atoms with Crippen LogP contribution in [0.1, 0.15) is 25.3 Å². The molecule has 4 aromatic rings. The van der Waals surface area contributed by atoms with E-state index in [1.165, 1.54) is 57.5 Å². The molecule has 0 radical (unpaired) electrons. The van der Waals surface area contributed by atoms with Crippen molar-refractivity contribution in [3.63, 3.8) is 0 Å². The Morgan fingerprint density at radius 3 is 2.08 bits per heavy atom. The summed E-state index contributed by atoms with van der Waals surface area (Å²) in [5.41, 5.74) is 4.06. The summed E-state index contributed by atoms with van der Waals surface area (Å²) in [6.45, 7) is 2.25. The number of unbranched alkanes of at least 4 members (excludes halogenated alkanes) is 1. The zero-order chi connectivity index (χ0) is 16.4. The minimum absolute atomic E-state index is 1.18. The van der Waals surface area contributed by atoms with Crippen molar-refractivity contribution in [2.45, 2.75) is 26.2 Å². The third-order valence-electron chi connectivity index (χ3n) is 4.85. The van der Waals surface area contributed by atoms with E-state index in [1.54, 1.807) is 0 Å². The molecular formula is C24H22. The fourth-order valence-corrected chi connectivity index (χ4v) is 3.52. The van der Waals surface area contributed by atoms with Gasteiger partial charge in [-0.15, -0.1) is 0 Å². The van der Waals surface area contributed by atoms with Gasteiger partial charge in [0.2, 0.25) is 0 Å². The van der Waals surface area contributed by atoms with Gasteiger partial charge in [-0.2, -0.15) is 0 Å². The number of rotatable bonds is 4. The molecule has 0 bridgehead atoms. The first-order chi connectivity index (χ1) is 11.9. The molecule has 0 nitrogen and oxygen atoms in total. The van der Waals surface area contributed by atoms with Gasteiger partial charge in [0.1, 0.15) is 0 Å². The maximum Gasteiger partial charge on any atom is -0.00990 e. The van der Waals surface area contributed by atoms with Gasteiger partial charge in [-0.3, -0.25) is 0 Å². The Morgan fingerprint density at radius 2 is 1.33 bits per heavy atom. The van der Waals surface area contributed by atoms with Crippen LogP contribution in [0.25, 0.3) is 32.7 Å². The lowest BCUT2D eigenvalue weighted by molar-refractivity contribution is 0.795. The summed E-state index contributed by atoms with van der Waals surface area (Å²) in [7, 11) is 0. The Kier molecular flexibility index (Phi) is 4.04. The molecule has 0 heteroatoms. The number of hydrogen-bond acceptors (Lipinski definition) is 0. The molecule has 0 aromatic heterocycles. The van der Waals surface area contributed by atoms with E-state index >= 15 is 0 Å². The van der Waals surface area contributed by atoms with E-state index < -0.39 is 0 Å². The van der Waals surface area contributed by atoms with Gasteiger partial charge in [0.05, 0.1) is 0 Å². The molecule has 24 heavy (non-hydrogen) atoms. The van der Waals surface area contributed by atoms with Crippen molar-refractivity contribution in [1.82, 2.24) is 0 Å². The number of fused-ring (bicyclic) bond motifs is 3. The molecule has 0 spiro atoms. The van der Waals surface area contributed by atoms with Gasteiger partial charge in [-0.05, 0) is 57.1 Å². The first kappa shape index (κ1) is 15.0. The summed E-state index contributed by atoms with van der Waals surface area (Å²) in [6.07, 6.45) is 3.69. The van der Waals surface area contributed by atoms with Crippen LogP contribution in [-0.4, -0.2) is 0 Å². The quantitative estimate of drug-likeness (QED) is 0.356. The van der Waals surface area contributed by atoms with Crippen molar-refractivity contribution in [3.8, 4) is 11.1 Å². The van der Waals surface area contributed by atoms with Crippen molar-refractivity contribution < 1.29 is 0 Å². The van der Waals surface area contributed by atoms with Crippen LogP contribution in [0.3, 0.4) is 0 Å². The van der Waals surface area contributed by atoms with Crippen LogP contribution in [0.5, 0.6) is 0 Å². The average molecular weight is 310 g/mol. The molecule has 118 valence electrons. The highest BCUT2D eigenvalue weighted by Crippen LogP contribution is 2.34. The van der Waals surface area contributed by atoms with Crippen LogP contribution in [0.2, 0.25) is 0 Å². The summed E-state index contributed by atoms with van der Waals surface area (Å²) in [6, 6.07) is 28.9. The Morgan fingerprint density at radius 1 is 0.667 bits per heavy atom. The van der Waals surface area contributed by atoms with E-state index in [0.717, 1.165) is 0 Å². The summed E-state index contributed by atoms with van der Waals surface area (Å²) in [4.78, 5) is 0. The van der Waals surface area contributed by atoms with Gasteiger partial charge in [0, 0.05) is 0 Å². The summed E-state index contributed by atoms with van der Waals surface area (Å²) in [5, 5.41) is 5.30. The molecule has 0 fully saturated rings. The fraction of sp³-hybridized carbons (Fsp3) is 0.167. The topological polar surface area (TPSA) is 0 Å². The predicted octanol–water partition coefficient (Wildman–Crippen LogP) is 7.00. The first-order valence-corrected chi connectivity index (χ1v) is 8.86. The molecule has 0 aliphatic rings. The molecule has 0 aliphatic heterocycles. The van der Waals surface area contributed by atoms with E-state index in [0.29, 0.717) is 0 Å². The van der Waals surface area contributed by atoms with Crippen molar-refractivity contribution in [1.29, 1.82) is 0 Å². The van der Waals surface area contributed by atoms with Gasteiger partial charge in [0.25, 0.3) is 0 Å². The Labute approximate surface area is 143 Å². The monoisotopic (exact) mass is 310 g/mol. The highest BCUT2D eigenvalue weighted by molar-refractivity contribution is 6.13. The molecule has 0 saturated carbocycles. The predicted molar refractivity (Wildman–Crippen MR) is 106 cm³/mol. The first-order valence-electron chi connectivity index (χ1n) is 8.86. The highest BCUT2D eigenvalue weighted by atomic mass is 14.1. The van der Waals surface area contributed by atoms with E-state index in [9.17, 15) is 0 Å². The smallest absolute Gasteiger partial charge is 0.00990 e. The third-order valence-corrected chi connectivity index (χ3v) is 4.85. The second-order valence-corrected chi connectivity index (χ2v) is 6.49. The number of hydrogen-bond donors (Lipinski definition) is 0. The van der Waals surface area contributed by atoms with E-state index in [1.807, 2.05) is 0 Å². The van der Waals surface area contributed by atoms with Gasteiger partial charge in [-0.25, -0.2) is 0 Å². The second-order valence-electron chi connectivity index (χ2n) is 6.49. The SMILES string of the molecule is CCCCc1ccc(-c2cc3ccccc3c3ccccc23)cc1. The Hall–Kier alpha value is -2.60. The molecule has 0 aliphatic carbocycles. The minimum Gasteiger partial charge on any atom is -0.0654 e. The normalized spacial score (nSPS) is 11.2. The summed E-state index contributed by atoms with van der Waals surface area (Å²) in [5.74, 6) is 0. The fourth-order valence-electron chi connectivity index (χ4n) is 3.52. The van der Waals surface area contributed by atoms with Crippen LogP contribution in [0, 0.1) is 0 Å². The van der Waals surface area contributed by atoms with Crippen LogP contribution in [-0.2, 0) is 6.42 Å². The van der Waals surface area contributed by atoms with Crippen LogP contribution in [0.4, 0.5) is 0 Å². The van der Waals surface area contributed by atoms with Crippen molar-refractivity contribution in [3.05, 3.63) is 84.4 Å². The molecule has 0 unspecified atom stereocenters. The number of aryl methyl sites for hydroxylation is 1. The molecule has 0 amide bonds. The maximum atomic E-state index is 2.33. The Balaban J connectivity index is 1.88. The Bertz CT molecular complexity index is 978. The summed E-state index contributed by atoms with van der Waals surface area (Å²) >= 11 is 0. The van der Waals surface area contributed by atoms with Crippen LogP contribution < -0.4 is 0 Å². The van der Waals surface area contributed by atoms with Crippen molar-refractivity contribution in [2.24, 2.45) is 0 Å². The lowest BCUT2D eigenvalue weighted by atomic mass is 9.92. The molecule has 0 atom stereocenters. The van der Waals surface area contributed by atoms with Crippen molar-refractivity contribution >= 4 is 21.5 Å². The van der Waals surface area contributed by atoms with E-state index in [4.69, 9.17) is 0 Å². The molecule has 4 rings (SSSR count). The van der Waals surface area contributed by atoms with Crippen molar-refractivity contribution in [2.75, 3.05) is 0 Å². The largest absolute Gasteiger partial charge is 0.0654 e. The lowest BCUT2D eigenvalue weighted by Gasteiger charge is -2.11. The lowest BCUT2D eigenvalue weighted by Crippen LogP contribution is -1.87. The maximum absolute atomic E-state index is 2.33. The zero-order valence-electron chi connectivity index (χ0n) is 14.1. The third kappa shape index (κ3) is 2.69. The highest BCUT2D eigenvalue weighted by Gasteiger charge is 2.08. The average Bonchev–Trinajstić information content (AvgIpc) is 2.66. The van der Waals surface area contributed by atoms with Gasteiger partial charge in [-0.1, -0.05) is 86.1 Å². The van der Waals surface area contributed by atoms with Gasteiger partial charge >= 0.3 is 0 Å².